The Hall–Kier alpha value is -2.29. The highest BCUT2D eigenvalue weighted by molar-refractivity contribution is 7.15. The normalized spacial score (nSPS) is 16.4. The van der Waals surface area contributed by atoms with Gasteiger partial charge in [-0.25, -0.2) is 0 Å². The molecule has 0 atom stereocenters. The van der Waals surface area contributed by atoms with E-state index in [-0.39, 0.29) is 11.3 Å². The van der Waals surface area contributed by atoms with Crippen LogP contribution in [0.4, 0.5) is 0 Å². The van der Waals surface area contributed by atoms with E-state index >= 15 is 0 Å². The second-order valence-corrected chi connectivity index (χ2v) is 8.40. The number of phenolic OH excluding ortho intramolecular Hbond substituents is 1. The third kappa shape index (κ3) is 3.73. The summed E-state index contributed by atoms with van der Waals surface area (Å²) >= 11 is 1.77. The topological polar surface area (TPSA) is 49.8 Å². The summed E-state index contributed by atoms with van der Waals surface area (Å²) in [5.74, 6) is 5.76. The number of methoxy groups -OCH3 is 1. The van der Waals surface area contributed by atoms with Crippen molar-refractivity contribution in [2.45, 2.75) is 32.7 Å². The molecule has 5 heteroatoms. The van der Waals surface area contributed by atoms with Crippen molar-refractivity contribution in [2.75, 3.05) is 20.2 Å². The lowest BCUT2D eigenvalue weighted by Crippen LogP contribution is -2.31. The smallest absolute Gasteiger partial charge is 0.239 e. The number of carbonyl (C=O) groups excluding carboxylic acids is 1. The lowest BCUT2D eigenvalue weighted by atomic mass is 10.0. The number of aromatic hydroxyl groups is 1. The van der Waals surface area contributed by atoms with Crippen molar-refractivity contribution in [1.82, 2.24) is 4.90 Å². The van der Waals surface area contributed by atoms with Crippen LogP contribution in [0.3, 0.4) is 0 Å². The van der Waals surface area contributed by atoms with E-state index in [0.717, 1.165) is 35.9 Å². The van der Waals surface area contributed by atoms with Crippen LogP contribution in [-0.2, 0) is 13.0 Å². The molecule has 0 radical (unpaired) electrons. The van der Waals surface area contributed by atoms with Crippen LogP contribution in [0.25, 0.3) is 10.4 Å². The van der Waals surface area contributed by atoms with Crippen LogP contribution in [-0.4, -0.2) is 36.0 Å². The van der Waals surface area contributed by atoms with E-state index < -0.39 is 5.78 Å². The number of thiophene rings is 1. The number of phenols is 1. The molecule has 0 bridgehead atoms. The van der Waals surface area contributed by atoms with Crippen LogP contribution in [0.1, 0.15) is 40.6 Å². The second kappa shape index (κ2) is 7.38. The van der Waals surface area contributed by atoms with Gasteiger partial charge in [-0.1, -0.05) is 5.92 Å². The zero-order chi connectivity index (χ0) is 19.0. The van der Waals surface area contributed by atoms with E-state index in [1.165, 1.54) is 36.9 Å². The van der Waals surface area contributed by atoms with Crippen molar-refractivity contribution < 1.29 is 14.6 Å². The Bertz CT molecular complexity index is 946. The molecule has 4 rings (SSSR count). The first-order chi connectivity index (χ1) is 13.1. The first-order valence-corrected chi connectivity index (χ1v) is 10.1. The summed E-state index contributed by atoms with van der Waals surface area (Å²) in [5.41, 5.74) is 2.47. The van der Waals surface area contributed by atoms with E-state index in [2.05, 4.69) is 22.8 Å². The number of Topliss-reactive ketones (excluding diaryl/α,β-unsaturated/α-hetero) is 1. The number of hydrogen-bond donors (Lipinski definition) is 1. The van der Waals surface area contributed by atoms with Gasteiger partial charge in [-0.2, -0.15) is 0 Å². The lowest BCUT2D eigenvalue weighted by molar-refractivity contribution is 0.105. The van der Waals surface area contributed by atoms with Gasteiger partial charge in [0.05, 0.1) is 12.7 Å². The molecule has 2 heterocycles. The maximum atomic E-state index is 12.3. The fourth-order valence-corrected chi connectivity index (χ4v) is 4.77. The molecule has 0 spiro atoms. The van der Waals surface area contributed by atoms with Crippen LogP contribution in [0.15, 0.2) is 18.2 Å². The molecular weight excluding hydrogens is 358 g/mol. The third-order valence-corrected chi connectivity index (χ3v) is 6.51. The zero-order valence-electron chi connectivity index (χ0n) is 15.7. The lowest BCUT2D eigenvalue weighted by Gasteiger charge is -2.26. The van der Waals surface area contributed by atoms with Crippen molar-refractivity contribution in [1.29, 1.82) is 0 Å². The Morgan fingerprint density at radius 3 is 2.89 bits per heavy atom. The predicted molar refractivity (Wildman–Crippen MR) is 107 cm³/mol. The van der Waals surface area contributed by atoms with E-state index in [4.69, 9.17) is 4.74 Å². The molecule has 1 aliphatic carbocycles. The summed E-state index contributed by atoms with van der Waals surface area (Å²) in [6.45, 7) is 4.95. The Labute approximate surface area is 163 Å². The maximum absolute atomic E-state index is 12.3. The largest absolute Gasteiger partial charge is 0.504 e. The number of ether oxygens (including phenoxy) is 1. The van der Waals surface area contributed by atoms with Crippen molar-refractivity contribution in [3.63, 3.8) is 0 Å². The molecule has 1 aromatic carbocycles. The molecule has 2 aromatic rings. The van der Waals surface area contributed by atoms with E-state index in [1.807, 2.05) is 0 Å². The highest BCUT2D eigenvalue weighted by Gasteiger charge is 2.27. The summed E-state index contributed by atoms with van der Waals surface area (Å²) in [6.07, 6.45) is 3.83. The molecule has 2 aliphatic rings. The second-order valence-electron chi connectivity index (χ2n) is 7.27. The minimum absolute atomic E-state index is 0.147. The van der Waals surface area contributed by atoms with Gasteiger partial charge in [0.1, 0.15) is 0 Å². The first-order valence-electron chi connectivity index (χ1n) is 9.31. The number of carbonyl (C=O) groups is 1. The van der Waals surface area contributed by atoms with Crippen molar-refractivity contribution in [3.05, 3.63) is 34.2 Å². The standard InChI is InChI=1S/C22H23NO3S/c1-3-4-18(24)17-9-15(10-19(26-2)22(17)25)21-11-16-13-23(12-14-5-6-14)8-7-20(16)27-21/h9-11,14,25H,5-8,12-13H2,1-2H3. The Balaban J connectivity index is 1.67. The summed E-state index contributed by atoms with van der Waals surface area (Å²) < 4.78 is 5.29. The summed E-state index contributed by atoms with van der Waals surface area (Å²) in [6, 6.07) is 5.75. The molecule has 0 unspecified atom stereocenters. The van der Waals surface area contributed by atoms with Crippen LogP contribution < -0.4 is 4.74 Å². The SMILES string of the molecule is CC#CC(=O)c1cc(-c2cc3c(s2)CCN(CC2CC2)C3)cc(OC)c1O. The maximum Gasteiger partial charge on any atom is 0.239 e. The minimum Gasteiger partial charge on any atom is -0.504 e. The van der Waals surface area contributed by atoms with Crippen molar-refractivity contribution in [3.8, 4) is 33.8 Å². The molecule has 1 fully saturated rings. The summed E-state index contributed by atoms with van der Waals surface area (Å²) in [7, 11) is 1.49. The van der Waals surface area contributed by atoms with Gasteiger partial charge in [0.25, 0.3) is 0 Å². The summed E-state index contributed by atoms with van der Waals surface area (Å²) in [5, 5.41) is 10.3. The Morgan fingerprint density at radius 2 is 2.19 bits per heavy atom. The first kappa shape index (κ1) is 18.1. The van der Waals surface area contributed by atoms with Crippen molar-refractivity contribution in [2.24, 2.45) is 5.92 Å². The highest BCUT2D eigenvalue weighted by atomic mass is 32.1. The van der Waals surface area contributed by atoms with Gasteiger partial charge < -0.3 is 9.84 Å². The van der Waals surface area contributed by atoms with E-state index in [9.17, 15) is 9.90 Å². The van der Waals surface area contributed by atoms with Gasteiger partial charge in [0, 0.05) is 29.4 Å². The predicted octanol–water partition coefficient (Wildman–Crippen LogP) is 4.10. The van der Waals surface area contributed by atoms with Crippen molar-refractivity contribution >= 4 is 17.1 Å². The molecule has 27 heavy (non-hydrogen) atoms. The zero-order valence-corrected chi connectivity index (χ0v) is 16.5. The molecule has 1 saturated carbocycles. The monoisotopic (exact) mass is 381 g/mol. The molecule has 0 saturated heterocycles. The Kier molecular flexibility index (Phi) is 4.94. The average molecular weight is 381 g/mol. The molecule has 0 amide bonds. The molecule has 140 valence electrons. The molecule has 4 nitrogen and oxygen atoms in total. The fourth-order valence-electron chi connectivity index (χ4n) is 3.61. The van der Waals surface area contributed by atoms with E-state index in [0.29, 0.717) is 5.75 Å². The van der Waals surface area contributed by atoms with Gasteiger partial charge in [-0.15, -0.1) is 11.3 Å². The van der Waals surface area contributed by atoms with E-state index in [1.54, 1.807) is 30.4 Å². The number of rotatable bonds is 5. The molecule has 1 aliphatic heterocycles. The quantitative estimate of drug-likeness (QED) is 0.481. The van der Waals surface area contributed by atoms with Gasteiger partial charge in [-0.3, -0.25) is 9.69 Å². The molecular formula is C22H23NO3S. The van der Waals surface area contributed by atoms with Gasteiger partial charge in [0.2, 0.25) is 5.78 Å². The fraction of sp³-hybridized carbons (Fsp3) is 0.409. The molecule has 1 aromatic heterocycles. The highest BCUT2D eigenvalue weighted by Crippen LogP contribution is 2.41. The summed E-state index contributed by atoms with van der Waals surface area (Å²) in [4.78, 5) is 17.3. The Morgan fingerprint density at radius 1 is 1.37 bits per heavy atom. The van der Waals surface area contributed by atoms with Gasteiger partial charge in [0.15, 0.2) is 11.5 Å². The molecule has 1 N–H and O–H groups in total. The van der Waals surface area contributed by atoms with Gasteiger partial charge >= 0.3 is 0 Å². The van der Waals surface area contributed by atoms with Crippen LogP contribution in [0.5, 0.6) is 11.5 Å². The van der Waals surface area contributed by atoms with Crippen LogP contribution in [0.2, 0.25) is 0 Å². The number of fused-ring (bicyclic) bond motifs is 1. The van der Waals surface area contributed by atoms with Gasteiger partial charge in [-0.05, 0) is 67.4 Å². The number of ketones is 1. The number of hydrogen-bond acceptors (Lipinski definition) is 5. The van der Waals surface area contributed by atoms with Crippen LogP contribution in [0, 0.1) is 17.8 Å². The van der Waals surface area contributed by atoms with Crippen LogP contribution >= 0.6 is 11.3 Å². The average Bonchev–Trinajstić information content (AvgIpc) is 3.37. The number of nitrogens with zero attached hydrogens (tertiary/aromatic N) is 1. The number of benzene rings is 1. The minimum atomic E-state index is -0.396. The third-order valence-electron chi connectivity index (χ3n) is 5.22.